The van der Waals surface area contributed by atoms with E-state index < -0.39 is 7.12 Å². The van der Waals surface area contributed by atoms with Crippen molar-refractivity contribution >= 4 is 24.6 Å². The summed E-state index contributed by atoms with van der Waals surface area (Å²) in [7, 11) is 0.346. The fourth-order valence-corrected chi connectivity index (χ4v) is 1.36. The van der Waals surface area contributed by atoms with E-state index in [2.05, 4.69) is 10.1 Å². The highest BCUT2D eigenvalue weighted by Gasteiger charge is 2.17. The molecular weight excluding hydrogens is 195 g/mol. The molecule has 78 valence electrons. The van der Waals surface area contributed by atoms with E-state index in [1.165, 1.54) is 6.20 Å². The molecule has 0 saturated carbocycles. The second kappa shape index (κ2) is 3.88. The number of anilines is 1. The zero-order valence-electron chi connectivity index (χ0n) is 8.28. The highest BCUT2D eigenvalue weighted by Crippen LogP contribution is 2.12. The van der Waals surface area contributed by atoms with Crippen molar-refractivity contribution < 1.29 is 10.0 Å². The van der Waals surface area contributed by atoms with Crippen LogP contribution in [0, 0.1) is 0 Å². The summed E-state index contributed by atoms with van der Waals surface area (Å²) in [6.45, 7) is 0.671. The van der Waals surface area contributed by atoms with Gasteiger partial charge in [0.1, 0.15) is 5.82 Å². The number of hydrazine groups is 1. The lowest BCUT2D eigenvalue weighted by molar-refractivity contribution is 0.356. The average molecular weight is 206 g/mol. The van der Waals surface area contributed by atoms with Crippen molar-refractivity contribution in [3.05, 3.63) is 18.3 Å². The molecular formula is C8H11BN4O2. The van der Waals surface area contributed by atoms with Crippen molar-refractivity contribution in [3.8, 4) is 0 Å². The summed E-state index contributed by atoms with van der Waals surface area (Å²) in [5.74, 6) is 0.722. The van der Waals surface area contributed by atoms with Crippen LogP contribution in [0.15, 0.2) is 23.4 Å². The molecule has 1 aliphatic heterocycles. The number of nitrogens with zero attached hydrogens (tertiary/aromatic N) is 4. The van der Waals surface area contributed by atoms with Crippen molar-refractivity contribution in [3.63, 3.8) is 0 Å². The Morgan fingerprint density at radius 1 is 1.40 bits per heavy atom. The van der Waals surface area contributed by atoms with E-state index in [-0.39, 0.29) is 0 Å². The van der Waals surface area contributed by atoms with Gasteiger partial charge < -0.3 is 10.0 Å². The Labute approximate surface area is 87.6 Å². The van der Waals surface area contributed by atoms with Crippen molar-refractivity contribution in [2.24, 2.45) is 5.10 Å². The molecule has 0 bridgehead atoms. The first kappa shape index (κ1) is 9.94. The maximum atomic E-state index is 8.90. The smallest absolute Gasteiger partial charge is 0.423 e. The van der Waals surface area contributed by atoms with Crippen LogP contribution in [-0.4, -0.2) is 47.1 Å². The first-order valence-corrected chi connectivity index (χ1v) is 4.54. The predicted molar refractivity (Wildman–Crippen MR) is 57.7 cm³/mol. The summed E-state index contributed by atoms with van der Waals surface area (Å²) >= 11 is 0. The second-order valence-corrected chi connectivity index (χ2v) is 3.19. The van der Waals surface area contributed by atoms with Crippen LogP contribution >= 0.6 is 0 Å². The van der Waals surface area contributed by atoms with Gasteiger partial charge in [-0.1, -0.05) is 6.07 Å². The van der Waals surface area contributed by atoms with Crippen LogP contribution in [0.25, 0.3) is 0 Å². The highest BCUT2D eigenvalue weighted by molar-refractivity contribution is 6.58. The van der Waals surface area contributed by atoms with Crippen molar-refractivity contribution in [2.75, 3.05) is 18.6 Å². The molecule has 0 aliphatic carbocycles. The van der Waals surface area contributed by atoms with Crippen molar-refractivity contribution in [1.29, 1.82) is 0 Å². The number of hydrogen-bond donors (Lipinski definition) is 2. The van der Waals surface area contributed by atoms with E-state index in [9.17, 15) is 0 Å². The maximum Gasteiger partial charge on any atom is 0.490 e. The van der Waals surface area contributed by atoms with Crippen molar-refractivity contribution in [2.45, 2.75) is 0 Å². The number of aromatic nitrogens is 1. The third-order valence-electron chi connectivity index (χ3n) is 2.19. The molecule has 2 rings (SSSR count). The number of hydrazone groups is 1. The van der Waals surface area contributed by atoms with Gasteiger partial charge in [-0.25, -0.2) is 15.1 Å². The maximum absolute atomic E-state index is 8.90. The predicted octanol–water partition coefficient (Wildman–Crippen LogP) is -1.59. The lowest BCUT2D eigenvalue weighted by Gasteiger charge is -2.23. The normalized spacial score (nSPS) is 14.9. The van der Waals surface area contributed by atoms with Gasteiger partial charge in [-0.2, -0.15) is 5.10 Å². The molecule has 0 radical (unpaired) electrons. The fraction of sp³-hybridized carbons (Fsp3) is 0.250. The Hall–Kier alpha value is -1.60. The van der Waals surface area contributed by atoms with Crippen LogP contribution in [0.3, 0.4) is 0 Å². The Bertz CT molecular complexity index is 367. The highest BCUT2D eigenvalue weighted by atomic mass is 16.4. The third-order valence-corrected chi connectivity index (χ3v) is 2.19. The molecule has 7 heteroatoms. The van der Waals surface area contributed by atoms with Gasteiger partial charge >= 0.3 is 7.12 Å². The largest absolute Gasteiger partial charge is 0.490 e. The van der Waals surface area contributed by atoms with E-state index in [1.54, 1.807) is 23.5 Å². The van der Waals surface area contributed by atoms with Gasteiger partial charge in [0.25, 0.3) is 0 Å². The second-order valence-electron chi connectivity index (χ2n) is 3.19. The SMILES string of the molecule is CN1N=CCN1c1ccc(B(O)O)cn1. The summed E-state index contributed by atoms with van der Waals surface area (Å²) < 4.78 is 0. The summed E-state index contributed by atoms with van der Waals surface area (Å²) in [6.07, 6.45) is 3.21. The first-order chi connectivity index (χ1) is 7.18. The number of pyridine rings is 1. The van der Waals surface area contributed by atoms with E-state index in [1.807, 2.05) is 12.1 Å². The van der Waals surface area contributed by atoms with Gasteiger partial charge in [-0.3, -0.25) is 0 Å². The fourth-order valence-electron chi connectivity index (χ4n) is 1.36. The zero-order valence-corrected chi connectivity index (χ0v) is 8.28. The van der Waals surface area contributed by atoms with Crippen LogP contribution in [0.5, 0.6) is 0 Å². The molecule has 15 heavy (non-hydrogen) atoms. The summed E-state index contributed by atoms with van der Waals surface area (Å²) in [5, 5.41) is 25.4. The monoisotopic (exact) mass is 206 g/mol. The Kier molecular flexibility index (Phi) is 2.57. The van der Waals surface area contributed by atoms with Crippen LogP contribution in [0.2, 0.25) is 0 Å². The number of rotatable bonds is 2. The third kappa shape index (κ3) is 1.93. The molecule has 0 saturated heterocycles. The molecule has 1 aliphatic rings. The minimum atomic E-state index is -1.47. The first-order valence-electron chi connectivity index (χ1n) is 4.54. The topological polar surface area (TPSA) is 72.2 Å². The molecule has 0 unspecified atom stereocenters. The van der Waals surface area contributed by atoms with Gasteiger partial charge in [0, 0.05) is 24.9 Å². The molecule has 2 N–H and O–H groups in total. The molecule has 2 heterocycles. The van der Waals surface area contributed by atoms with Crippen molar-refractivity contribution in [1.82, 2.24) is 10.1 Å². The van der Waals surface area contributed by atoms with E-state index >= 15 is 0 Å². The van der Waals surface area contributed by atoms with Crippen LogP contribution in [0.4, 0.5) is 5.82 Å². The van der Waals surface area contributed by atoms with Gasteiger partial charge in [0.2, 0.25) is 0 Å². The van der Waals surface area contributed by atoms with Gasteiger partial charge in [0.15, 0.2) is 0 Å². The average Bonchev–Trinajstić information content (AvgIpc) is 2.65. The van der Waals surface area contributed by atoms with E-state index in [0.29, 0.717) is 12.0 Å². The minimum Gasteiger partial charge on any atom is -0.423 e. The standard InChI is InChI=1S/C8H11BN4O2/c1-12-11-4-5-13(12)8-3-2-7(6-10-8)9(14)15/h2-4,6,14-15H,5H2,1H3. The number of hydrogen-bond acceptors (Lipinski definition) is 6. The van der Waals surface area contributed by atoms with E-state index in [4.69, 9.17) is 10.0 Å². The lowest BCUT2D eigenvalue weighted by atomic mass is 9.82. The summed E-state index contributed by atoms with van der Waals surface area (Å²) in [6, 6.07) is 3.35. The Balaban J connectivity index is 2.17. The molecule has 0 atom stereocenters. The van der Waals surface area contributed by atoms with E-state index in [0.717, 1.165) is 5.82 Å². The molecule has 1 aromatic rings. The van der Waals surface area contributed by atoms with Crippen LogP contribution < -0.4 is 10.5 Å². The molecule has 6 nitrogen and oxygen atoms in total. The van der Waals surface area contributed by atoms with Crippen LogP contribution in [-0.2, 0) is 0 Å². The van der Waals surface area contributed by atoms with Gasteiger partial charge in [-0.05, 0) is 6.07 Å². The van der Waals surface area contributed by atoms with Gasteiger partial charge in [0.05, 0.1) is 6.54 Å². The zero-order chi connectivity index (χ0) is 10.8. The van der Waals surface area contributed by atoms with Gasteiger partial charge in [-0.15, -0.1) is 0 Å². The molecule has 0 aromatic carbocycles. The molecule has 0 amide bonds. The molecule has 0 spiro atoms. The quantitative estimate of drug-likeness (QED) is 0.571. The Morgan fingerprint density at radius 2 is 2.20 bits per heavy atom. The minimum absolute atomic E-state index is 0.376. The lowest BCUT2D eigenvalue weighted by Crippen LogP contribution is -2.34. The Morgan fingerprint density at radius 3 is 2.67 bits per heavy atom. The summed E-state index contributed by atoms with van der Waals surface area (Å²) in [5.41, 5.74) is 0.376. The molecule has 1 aromatic heterocycles. The van der Waals surface area contributed by atoms with Crippen LogP contribution in [0.1, 0.15) is 0 Å². The molecule has 0 fully saturated rings. The summed E-state index contributed by atoms with van der Waals surface area (Å²) in [4.78, 5) is 4.12.